The zero-order valence-corrected chi connectivity index (χ0v) is 13.4. The monoisotopic (exact) mass is 360 g/mol. The number of hydrogen-bond acceptors (Lipinski definition) is 3. The van der Waals surface area contributed by atoms with Crippen molar-refractivity contribution in [2.45, 2.75) is 24.5 Å². The van der Waals surface area contributed by atoms with Crippen LogP contribution in [0, 0.1) is 0 Å². The van der Waals surface area contributed by atoms with E-state index in [-0.39, 0.29) is 18.9 Å². The quantitative estimate of drug-likeness (QED) is 0.881. The summed E-state index contributed by atoms with van der Waals surface area (Å²) in [7, 11) is -3.57. The van der Waals surface area contributed by atoms with Crippen molar-refractivity contribution in [1.82, 2.24) is 4.90 Å². The highest BCUT2D eigenvalue weighted by Crippen LogP contribution is 2.17. The molecule has 1 aromatic carbocycles. The number of carbonyl (C=O) groups excluding carboxylic acids is 1. The van der Waals surface area contributed by atoms with E-state index in [1.165, 1.54) is 0 Å². The Labute approximate surface area is 127 Å². The van der Waals surface area contributed by atoms with Gasteiger partial charge in [-0.05, 0) is 30.5 Å². The highest BCUT2D eigenvalue weighted by molar-refractivity contribution is 9.10. The average molecular weight is 361 g/mol. The molecule has 1 heterocycles. The van der Waals surface area contributed by atoms with Gasteiger partial charge in [-0.25, -0.2) is 13.6 Å². The Morgan fingerprint density at radius 1 is 1.45 bits per heavy atom. The molecule has 1 atom stereocenters. The molecule has 0 bridgehead atoms. The molecule has 1 amide bonds. The highest BCUT2D eigenvalue weighted by Gasteiger charge is 2.30. The Kier molecular flexibility index (Phi) is 4.82. The summed E-state index contributed by atoms with van der Waals surface area (Å²) in [5.41, 5.74) is 0.905. The van der Waals surface area contributed by atoms with Gasteiger partial charge in [0.1, 0.15) is 0 Å². The van der Waals surface area contributed by atoms with E-state index in [0.717, 1.165) is 10.0 Å². The third kappa shape index (κ3) is 4.04. The van der Waals surface area contributed by atoms with Gasteiger partial charge in [0.25, 0.3) is 0 Å². The molecule has 0 spiro atoms. The smallest absolute Gasteiger partial charge is 0.227 e. The Bertz CT molecular complexity index is 603. The molecule has 1 fully saturated rings. The van der Waals surface area contributed by atoms with Gasteiger partial charge in [-0.15, -0.1) is 0 Å². The number of sulfonamides is 1. The summed E-state index contributed by atoms with van der Waals surface area (Å²) >= 11 is 3.36. The number of piperidine rings is 1. The van der Waals surface area contributed by atoms with Gasteiger partial charge in [0.15, 0.2) is 0 Å². The maximum Gasteiger partial charge on any atom is 0.227 e. The van der Waals surface area contributed by atoms with E-state index >= 15 is 0 Å². The first-order valence-corrected chi connectivity index (χ1v) is 8.80. The van der Waals surface area contributed by atoms with Crippen LogP contribution in [0.2, 0.25) is 0 Å². The first-order valence-electron chi connectivity index (χ1n) is 6.40. The largest absolute Gasteiger partial charge is 0.341 e. The summed E-state index contributed by atoms with van der Waals surface area (Å²) in [5, 5.41) is 4.54. The van der Waals surface area contributed by atoms with Crippen LogP contribution in [0.4, 0.5) is 0 Å². The topological polar surface area (TPSA) is 80.5 Å². The third-order valence-electron chi connectivity index (χ3n) is 3.44. The van der Waals surface area contributed by atoms with E-state index in [0.29, 0.717) is 19.4 Å². The van der Waals surface area contributed by atoms with Gasteiger partial charge in [0.2, 0.25) is 15.9 Å². The molecule has 0 aromatic heterocycles. The number of nitrogens with two attached hydrogens (primary N) is 1. The molecule has 110 valence electrons. The second kappa shape index (κ2) is 6.24. The van der Waals surface area contributed by atoms with Gasteiger partial charge < -0.3 is 4.90 Å². The van der Waals surface area contributed by atoms with E-state index in [1.54, 1.807) is 4.90 Å². The number of halogens is 1. The number of hydrogen-bond donors (Lipinski definition) is 1. The molecule has 0 aliphatic carbocycles. The van der Waals surface area contributed by atoms with Crippen molar-refractivity contribution >= 4 is 31.9 Å². The molecule has 1 unspecified atom stereocenters. The molecule has 0 radical (unpaired) electrons. The van der Waals surface area contributed by atoms with Crippen molar-refractivity contribution in [3.63, 3.8) is 0 Å². The Morgan fingerprint density at radius 2 is 2.20 bits per heavy atom. The third-order valence-corrected chi connectivity index (χ3v) is 5.25. The SMILES string of the molecule is NS(=O)(=O)C1CCCN(C(=O)Cc2cccc(Br)c2)C1. The van der Waals surface area contributed by atoms with Crippen LogP contribution in [0.15, 0.2) is 28.7 Å². The summed E-state index contributed by atoms with van der Waals surface area (Å²) in [6.45, 7) is 0.796. The van der Waals surface area contributed by atoms with E-state index in [2.05, 4.69) is 15.9 Å². The van der Waals surface area contributed by atoms with E-state index in [9.17, 15) is 13.2 Å². The lowest BCUT2D eigenvalue weighted by Gasteiger charge is -2.31. The van der Waals surface area contributed by atoms with Gasteiger partial charge in [0, 0.05) is 17.6 Å². The van der Waals surface area contributed by atoms with Crippen LogP contribution in [0.1, 0.15) is 18.4 Å². The second-order valence-corrected chi connectivity index (χ2v) is 7.76. The number of amides is 1. The predicted octanol–water partition coefficient (Wildman–Crippen LogP) is 1.27. The Hall–Kier alpha value is -0.920. The normalized spacial score (nSPS) is 19.9. The standard InChI is InChI=1S/C13H17BrN2O3S/c14-11-4-1-3-10(7-11)8-13(17)16-6-2-5-12(9-16)20(15,18)19/h1,3-4,7,12H,2,5-6,8-9H2,(H2,15,18,19). The maximum atomic E-state index is 12.2. The van der Waals surface area contributed by atoms with Crippen LogP contribution in [0.25, 0.3) is 0 Å². The second-order valence-electron chi connectivity index (χ2n) is 5.00. The van der Waals surface area contributed by atoms with Crippen molar-refractivity contribution < 1.29 is 13.2 Å². The van der Waals surface area contributed by atoms with Crippen molar-refractivity contribution in [3.05, 3.63) is 34.3 Å². The van der Waals surface area contributed by atoms with Gasteiger partial charge in [-0.3, -0.25) is 4.79 Å². The molecule has 1 aliphatic rings. The fourth-order valence-electron chi connectivity index (χ4n) is 2.37. The van der Waals surface area contributed by atoms with E-state index < -0.39 is 15.3 Å². The minimum absolute atomic E-state index is 0.0588. The summed E-state index contributed by atoms with van der Waals surface area (Å²) in [6, 6.07) is 7.53. The van der Waals surface area contributed by atoms with Gasteiger partial charge in [-0.1, -0.05) is 28.1 Å². The Morgan fingerprint density at radius 3 is 2.85 bits per heavy atom. The molecule has 7 heteroatoms. The fourth-order valence-corrected chi connectivity index (χ4v) is 3.70. The summed E-state index contributed by atoms with van der Waals surface area (Å²) in [4.78, 5) is 13.8. The lowest BCUT2D eigenvalue weighted by atomic mass is 10.1. The van der Waals surface area contributed by atoms with E-state index in [1.807, 2.05) is 24.3 Å². The minimum atomic E-state index is -3.57. The fraction of sp³-hybridized carbons (Fsp3) is 0.462. The first-order chi connectivity index (χ1) is 9.36. The average Bonchev–Trinajstić information content (AvgIpc) is 2.38. The van der Waals surface area contributed by atoms with Crippen LogP contribution in [-0.2, 0) is 21.2 Å². The first kappa shape index (κ1) is 15.5. The molecule has 2 rings (SSSR count). The highest BCUT2D eigenvalue weighted by atomic mass is 79.9. The van der Waals surface area contributed by atoms with Crippen LogP contribution in [0.5, 0.6) is 0 Å². The Balaban J connectivity index is 2.02. The van der Waals surface area contributed by atoms with Gasteiger partial charge in [-0.2, -0.15) is 0 Å². The number of likely N-dealkylation sites (tertiary alicyclic amines) is 1. The van der Waals surface area contributed by atoms with Crippen molar-refractivity contribution in [3.8, 4) is 0 Å². The van der Waals surface area contributed by atoms with Crippen molar-refractivity contribution in [1.29, 1.82) is 0 Å². The van der Waals surface area contributed by atoms with Crippen LogP contribution < -0.4 is 5.14 Å². The molecule has 2 N–H and O–H groups in total. The zero-order chi connectivity index (χ0) is 14.8. The molecule has 5 nitrogen and oxygen atoms in total. The van der Waals surface area contributed by atoms with Crippen LogP contribution in [0.3, 0.4) is 0 Å². The van der Waals surface area contributed by atoms with Crippen LogP contribution in [-0.4, -0.2) is 37.6 Å². The van der Waals surface area contributed by atoms with Gasteiger partial charge >= 0.3 is 0 Å². The van der Waals surface area contributed by atoms with Crippen LogP contribution >= 0.6 is 15.9 Å². The number of carbonyl (C=O) groups is 1. The molecule has 1 saturated heterocycles. The number of rotatable bonds is 3. The number of nitrogens with zero attached hydrogens (tertiary/aromatic N) is 1. The minimum Gasteiger partial charge on any atom is -0.341 e. The summed E-state index contributed by atoms with van der Waals surface area (Å²) < 4.78 is 23.7. The van der Waals surface area contributed by atoms with Crippen molar-refractivity contribution in [2.24, 2.45) is 5.14 Å². The number of benzene rings is 1. The maximum absolute atomic E-state index is 12.2. The number of primary sulfonamides is 1. The molecular formula is C13H17BrN2O3S. The molecule has 1 aromatic rings. The molecule has 1 aliphatic heterocycles. The van der Waals surface area contributed by atoms with E-state index in [4.69, 9.17) is 5.14 Å². The molecule has 20 heavy (non-hydrogen) atoms. The molecule has 0 saturated carbocycles. The summed E-state index contributed by atoms with van der Waals surface area (Å²) in [6.07, 6.45) is 1.47. The lowest BCUT2D eigenvalue weighted by Crippen LogP contribution is -2.47. The lowest BCUT2D eigenvalue weighted by molar-refractivity contribution is -0.131. The molecular weight excluding hydrogens is 344 g/mol. The zero-order valence-electron chi connectivity index (χ0n) is 11.0. The summed E-state index contributed by atoms with van der Waals surface area (Å²) in [5.74, 6) is -0.0588. The van der Waals surface area contributed by atoms with Crippen molar-refractivity contribution in [2.75, 3.05) is 13.1 Å². The predicted molar refractivity (Wildman–Crippen MR) is 80.6 cm³/mol. The van der Waals surface area contributed by atoms with Gasteiger partial charge in [0.05, 0.1) is 11.7 Å².